The van der Waals surface area contributed by atoms with Gasteiger partial charge in [-0.05, 0) is 31.9 Å². The maximum atomic E-state index is 12.9. The van der Waals surface area contributed by atoms with Crippen molar-refractivity contribution in [3.05, 3.63) is 35.4 Å². The summed E-state index contributed by atoms with van der Waals surface area (Å²) >= 11 is 0. The summed E-state index contributed by atoms with van der Waals surface area (Å²) < 4.78 is 44.2. The van der Waals surface area contributed by atoms with Crippen LogP contribution in [0.4, 0.5) is 13.2 Å². The van der Waals surface area contributed by atoms with Crippen LogP contribution < -0.4 is 5.32 Å². The minimum atomic E-state index is -4.19. The van der Waals surface area contributed by atoms with Gasteiger partial charge in [0.25, 0.3) is 0 Å². The van der Waals surface area contributed by atoms with Crippen molar-refractivity contribution >= 4 is 5.96 Å². The lowest BCUT2D eigenvalue weighted by Gasteiger charge is -2.39. The average Bonchev–Trinajstić information content (AvgIpc) is 2.67. The number of ether oxygens (including phenoxy) is 1. The SMILES string of the molecule is CN=C(NCc1ccc(COC(C)C)cc1)N1CCN(C(C)C(F)(F)F)CC1. The Morgan fingerprint density at radius 1 is 1.07 bits per heavy atom. The van der Waals surface area contributed by atoms with Crippen molar-refractivity contribution in [1.29, 1.82) is 0 Å². The molecule has 0 radical (unpaired) electrons. The molecule has 0 spiro atoms. The lowest BCUT2D eigenvalue weighted by atomic mass is 10.1. The molecule has 5 nitrogen and oxygen atoms in total. The van der Waals surface area contributed by atoms with E-state index in [0.717, 1.165) is 11.1 Å². The van der Waals surface area contributed by atoms with Crippen molar-refractivity contribution in [3.63, 3.8) is 0 Å². The van der Waals surface area contributed by atoms with E-state index in [1.165, 1.54) is 11.8 Å². The molecular formula is C20H31F3N4O. The summed E-state index contributed by atoms with van der Waals surface area (Å²) in [4.78, 5) is 7.76. The fourth-order valence-electron chi connectivity index (χ4n) is 3.06. The van der Waals surface area contributed by atoms with Crippen LogP contribution in [0.25, 0.3) is 0 Å². The van der Waals surface area contributed by atoms with E-state index in [2.05, 4.69) is 10.3 Å². The van der Waals surface area contributed by atoms with Gasteiger partial charge in [0.15, 0.2) is 5.96 Å². The molecule has 1 atom stereocenters. The maximum absolute atomic E-state index is 12.9. The van der Waals surface area contributed by atoms with E-state index in [1.54, 1.807) is 7.05 Å². The van der Waals surface area contributed by atoms with Crippen LogP contribution in [0.3, 0.4) is 0 Å². The zero-order chi connectivity index (χ0) is 20.7. The molecule has 1 unspecified atom stereocenters. The predicted octanol–water partition coefficient (Wildman–Crippen LogP) is 3.26. The Morgan fingerprint density at radius 2 is 1.64 bits per heavy atom. The predicted molar refractivity (Wildman–Crippen MR) is 105 cm³/mol. The number of aliphatic imine (C=N–C) groups is 1. The summed E-state index contributed by atoms with van der Waals surface area (Å²) in [5, 5.41) is 3.30. The highest BCUT2D eigenvalue weighted by atomic mass is 19.4. The van der Waals surface area contributed by atoms with Crippen LogP contribution in [0, 0.1) is 0 Å². The molecule has 2 rings (SSSR count). The Hall–Kier alpha value is -1.80. The highest BCUT2D eigenvalue weighted by Gasteiger charge is 2.41. The van der Waals surface area contributed by atoms with Crippen molar-refractivity contribution in [2.75, 3.05) is 33.2 Å². The quantitative estimate of drug-likeness (QED) is 0.588. The maximum Gasteiger partial charge on any atom is 0.403 e. The fraction of sp³-hybridized carbons (Fsp3) is 0.650. The smallest absolute Gasteiger partial charge is 0.374 e. The Morgan fingerprint density at radius 3 is 2.14 bits per heavy atom. The second-order valence-corrected chi connectivity index (χ2v) is 7.32. The molecule has 1 aliphatic rings. The first-order chi connectivity index (χ1) is 13.2. The monoisotopic (exact) mass is 400 g/mol. The first-order valence-electron chi connectivity index (χ1n) is 9.66. The number of hydrogen-bond donors (Lipinski definition) is 1. The largest absolute Gasteiger partial charge is 0.403 e. The topological polar surface area (TPSA) is 40.1 Å². The molecule has 1 fully saturated rings. The van der Waals surface area contributed by atoms with Gasteiger partial charge in [-0.3, -0.25) is 9.89 Å². The second kappa shape index (κ2) is 10.1. The molecule has 1 N–H and O–H groups in total. The van der Waals surface area contributed by atoms with Gasteiger partial charge in [-0.2, -0.15) is 13.2 Å². The number of nitrogens with zero attached hydrogens (tertiary/aromatic N) is 3. The van der Waals surface area contributed by atoms with Gasteiger partial charge in [0, 0.05) is 39.8 Å². The van der Waals surface area contributed by atoms with Crippen LogP contribution in [-0.4, -0.2) is 67.3 Å². The third kappa shape index (κ3) is 6.67. The molecule has 0 aromatic heterocycles. The summed E-state index contributed by atoms with van der Waals surface area (Å²) in [6.07, 6.45) is -3.99. The van der Waals surface area contributed by atoms with Crippen LogP contribution >= 0.6 is 0 Å². The third-order valence-corrected chi connectivity index (χ3v) is 4.90. The van der Waals surface area contributed by atoms with Gasteiger partial charge in [-0.15, -0.1) is 0 Å². The molecule has 0 aliphatic carbocycles. The van der Waals surface area contributed by atoms with E-state index < -0.39 is 12.2 Å². The molecule has 1 aliphatic heterocycles. The van der Waals surface area contributed by atoms with Gasteiger partial charge < -0.3 is 15.0 Å². The zero-order valence-corrected chi connectivity index (χ0v) is 17.1. The molecule has 28 heavy (non-hydrogen) atoms. The summed E-state index contributed by atoms with van der Waals surface area (Å²) in [5.74, 6) is 0.714. The average molecular weight is 400 g/mol. The number of rotatable bonds is 6. The molecule has 1 aromatic carbocycles. The highest BCUT2D eigenvalue weighted by molar-refractivity contribution is 5.80. The summed E-state index contributed by atoms with van der Waals surface area (Å²) in [6, 6.07) is 6.76. The number of halogens is 3. The molecular weight excluding hydrogens is 369 g/mol. The molecule has 1 saturated heterocycles. The van der Waals surface area contributed by atoms with Crippen LogP contribution in [0.5, 0.6) is 0 Å². The molecule has 1 heterocycles. The highest BCUT2D eigenvalue weighted by Crippen LogP contribution is 2.25. The number of guanidine groups is 1. The number of alkyl halides is 3. The molecule has 0 saturated carbocycles. The van der Waals surface area contributed by atoms with E-state index in [1.807, 2.05) is 43.0 Å². The lowest BCUT2D eigenvalue weighted by molar-refractivity contribution is -0.181. The summed E-state index contributed by atoms with van der Waals surface area (Å²) in [7, 11) is 1.69. The van der Waals surface area contributed by atoms with Crippen molar-refractivity contribution in [3.8, 4) is 0 Å². The Kier molecular flexibility index (Phi) is 8.12. The molecule has 8 heteroatoms. The van der Waals surface area contributed by atoms with Gasteiger partial charge in [-0.1, -0.05) is 24.3 Å². The second-order valence-electron chi connectivity index (χ2n) is 7.32. The van der Waals surface area contributed by atoms with Crippen molar-refractivity contribution in [1.82, 2.24) is 15.1 Å². The standard InChI is InChI=1S/C20H31F3N4O/c1-15(2)28-14-18-7-5-17(6-8-18)13-25-19(24-4)27-11-9-26(10-12-27)16(3)20(21,22)23/h5-8,15-16H,9-14H2,1-4H3,(H,24,25). The van der Waals surface area contributed by atoms with E-state index in [0.29, 0.717) is 45.3 Å². The van der Waals surface area contributed by atoms with Crippen LogP contribution in [0.2, 0.25) is 0 Å². The number of piperazine rings is 1. The summed E-state index contributed by atoms with van der Waals surface area (Å²) in [5.41, 5.74) is 2.23. The van der Waals surface area contributed by atoms with Crippen LogP contribution in [-0.2, 0) is 17.9 Å². The number of hydrogen-bond acceptors (Lipinski definition) is 3. The van der Waals surface area contributed by atoms with Crippen molar-refractivity contribution in [2.24, 2.45) is 4.99 Å². The van der Waals surface area contributed by atoms with Crippen molar-refractivity contribution in [2.45, 2.75) is 52.2 Å². The fourth-order valence-corrected chi connectivity index (χ4v) is 3.06. The van der Waals surface area contributed by atoms with Gasteiger partial charge in [0.1, 0.15) is 6.04 Å². The van der Waals surface area contributed by atoms with Gasteiger partial charge >= 0.3 is 6.18 Å². The Labute approximate surface area is 165 Å². The zero-order valence-electron chi connectivity index (χ0n) is 17.1. The normalized spacial score (nSPS) is 17.9. The molecule has 0 bridgehead atoms. The Bertz CT molecular complexity index is 623. The van der Waals surface area contributed by atoms with Gasteiger partial charge in [0.05, 0.1) is 12.7 Å². The van der Waals surface area contributed by atoms with E-state index in [4.69, 9.17) is 4.74 Å². The van der Waals surface area contributed by atoms with Crippen molar-refractivity contribution < 1.29 is 17.9 Å². The lowest BCUT2D eigenvalue weighted by Crippen LogP contribution is -2.56. The van der Waals surface area contributed by atoms with Gasteiger partial charge in [0.2, 0.25) is 0 Å². The third-order valence-electron chi connectivity index (χ3n) is 4.90. The first-order valence-corrected chi connectivity index (χ1v) is 9.66. The Balaban J connectivity index is 1.82. The molecule has 1 aromatic rings. The molecule has 0 amide bonds. The number of benzene rings is 1. The van der Waals surface area contributed by atoms with E-state index in [9.17, 15) is 13.2 Å². The molecule has 158 valence electrons. The van der Waals surface area contributed by atoms with E-state index >= 15 is 0 Å². The first kappa shape index (κ1) is 22.5. The minimum absolute atomic E-state index is 0.198. The number of nitrogens with one attached hydrogen (secondary N) is 1. The van der Waals surface area contributed by atoms with Crippen LogP contribution in [0.1, 0.15) is 31.9 Å². The van der Waals surface area contributed by atoms with Crippen LogP contribution in [0.15, 0.2) is 29.3 Å². The van der Waals surface area contributed by atoms with E-state index in [-0.39, 0.29) is 6.10 Å². The minimum Gasteiger partial charge on any atom is -0.374 e. The summed E-state index contributed by atoms with van der Waals surface area (Å²) in [6.45, 7) is 8.21. The van der Waals surface area contributed by atoms with Gasteiger partial charge in [-0.25, -0.2) is 0 Å².